The number of rotatable bonds is 3. The largest absolute Gasteiger partial charge is 0.453 e. The predicted octanol–water partition coefficient (Wildman–Crippen LogP) is 4.65. The van der Waals surface area contributed by atoms with Gasteiger partial charge >= 0.3 is 6.09 Å². The molecule has 2 aromatic heterocycles. The Morgan fingerprint density at radius 2 is 1.90 bits per heavy atom. The van der Waals surface area contributed by atoms with Crippen molar-refractivity contribution in [3.8, 4) is 11.3 Å². The van der Waals surface area contributed by atoms with E-state index in [1.165, 1.54) is 13.2 Å². The van der Waals surface area contributed by atoms with Crippen LogP contribution in [0.4, 0.5) is 20.6 Å². The number of halogens is 1. The number of methoxy groups -OCH3 is 1. The lowest BCUT2D eigenvalue weighted by molar-refractivity contribution is -0.126. The number of pyridine rings is 1. The Balaban J connectivity index is 1.53. The molecule has 5 rings (SSSR count). The summed E-state index contributed by atoms with van der Waals surface area (Å²) in [4.78, 5) is 50.2. The van der Waals surface area contributed by atoms with Crippen LogP contribution >= 0.6 is 0 Å². The number of aromatic amines is 1. The molecule has 0 radical (unpaired) electrons. The summed E-state index contributed by atoms with van der Waals surface area (Å²) in [5.74, 6) is -0.384. The summed E-state index contributed by atoms with van der Waals surface area (Å²) in [5, 5.41) is 8.60. The molecular weight excluding hydrogens is 503 g/mol. The smallest absolute Gasteiger partial charge is 0.411 e. The number of ether oxygens (including phenoxy) is 1. The third-order valence-corrected chi connectivity index (χ3v) is 7.20. The summed E-state index contributed by atoms with van der Waals surface area (Å²) in [5.41, 5.74) is 2.75. The molecule has 3 aromatic rings. The predicted molar refractivity (Wildman–Crippen MR) is 142 cm³/mol. The maximum atomic E-state index is 14.6. The Kier molecular flexibility index (Phi) is 7.85. The van der Waals surface area contributed by atoms with Gasteiger partial charge < -0.3 is 20.4 Å². The molecule has 1 unspecified atom stereocenters. The van der Waals surface area contributed by atoms with Crippen molar-refractivity contribution in [3.63, 3.8) is 0 Å². The van der Waals surface area contributed by atoms with Gasteiger partial charge in [0.1, 0.15) is 11.6 Å². The first kappa shape index (κ1) is 26.3. The number of nitrogens with zero attached hydrogens (tertiary/aromatic N) is 2. The first-order chi connectivity index (χ1) is 18.9. The number of aryl methyl sites for hydroxylation is 1. The lowest BCUT2D eigenvalue weighted by atomic mass is 9.88. The van der Waals surface area contributed by atoms with Crippen molar-refractivity contribution in [1.29, 1.82) is 0 Å². The van der Waals surface area contributed by atoms with Gasteiger partial charge in [-0.05, 0) is 43.2 Å². The lowest BCUT2D eigenvalue weighted by Crippen LogP contribution is -2.36. The molecule has 0 spiro atoms. The van der Waals surface area contributed by atoms with E-state index < -0.39 is 18.0 Å². The zero-order valence-electron chi connectivity index (χ0n) is 21.7. The first-order valence-electron chi connectivity index (χ1n) is 13.2. The van der Waals surface area contributed by atoms with Gasteiger partial charge in [-0.25, -0.2) is 14.2 Å². The van der Waals surface area contributed by atoms with E-state index in [-0.39, 0.29) is 36.3 Å². The molecule has 3 amide bonds. The third kappa shape index (κ3) is 6.24. The maximum absolute atomic E-state index is 14.6. The van der Waals surface area contributed by atoms with E-state index in [4.69, 9.17) is 4.98 Å². The Morgan fingerprint density at radius 1 is 1.08 bits per heavy atom. The number of nitrogens with one attached hydrogen (secondary N) is 4. The minimum atomic E-state index is -0.651. The van der Waals surface area contributed by atoms with Crippen molar-refractivity contribution in [2.75, 3.05) is 17.7 Å². The number of carbonyl (C=O) groups excluding carboxylic acids is 3. The summed E-state index contributed by atoms with van der Waals surface area (Å²) in [6.07, 6.45) is 6.38. The van der Waals surface area contributed by atoms with Crippen LogP contribution in [0.25, 0.3) is 11.3 Å². The second-order valence-electron chi connectivity index (χ2n) is 9.93. The highest BCUT2D eigenvalue weighted by molar-refractivity contribution is 5.97. The van der Waals surface area contributed by atoms with Crippen molar-refractivity contribution in [1.82, 2.24) is 20.3 Å². The molecule has 1 aliphatic carbocycles. The maximum Gasteiger partial charge on any atom is 0.411 e. The zero-order chi connectivity index (χ0) is 27.4. The molecule has 1 aromatic carbocycles. The van der Waals surface area contributed by atoms with Gasteiger partial charge in [-0.2, -0.15) is 0 Å². The molecular formula is C28H31FN6O4. The monoisotopic (exact) mass is 534 g/mol. The molecule has 11 heteroatoms. The van der Waals surface area contributed by atoms with Gasteiger partial charge in [0, 0.05) is 48.3 Å². The van der Waals surface area contributed by atoms with Crippen LogP contribution in [0.1, 0.15) is 61.8 Å². The number of carbonyl (C=O) groups is 3. The quantitative estimate of drug-likeness (QED) is 0.386. The summed E-state index contributed by atoms with van der Waals surface area (Å²) in [6.45, 7) is 0. The molecule has 2 aliphatic rings. The molecule has 10 nitrogen and oxygen atoms in total. The first-order valence-corrected chi connectivity index (χ1v) is 13.2. The highest BCUT2D eigenvalue weighted by Crippen LogP contribution is 2.32. The number of imidazole rings is 1. The van der Waals surface area contributed by atoms with Crippen molar-refractivity contribution in [2.45, 2.75) is 57.4 Å². The standard InChI is InChI=1S/C28H31FN6O4/c1-39-28(38)32-18-7-9-19-22(13-18)33-25(36)12-11-21-20(29)10-8-17(31-21)14-23(26-30-15-24(19)34-26)35-27(37)16-5-3-2-4-6-16/h7-10,13,15-16,23H,2-6,11-12,14H2,1H3,(H,30,34)(H,32,38)(H,33,36)(H,35,37). The lowest BCUT2D eigenvalue weighted by Gasteiger charge is -2.24. The van der Waals surface area contributed by atoms with Crippen LogP contribution in [-0.2, 0) is 27.2 Å². The average molecular weight is 535 g/mol. The Hall–Kier alpha value is -4.28. The van der Waals surface area contributed by atoms with Crippen molar-refractivity contribution >= 4 is 29.3 Å². The van der Waals surface area contributed by atoms with Gasteiger partial charge in [0.05, 0.1) is 30.2 Å². The number of amides is 3. The molecule has 1 saturated carbocycles. The van der Waals surface area contributed by atoms with E-state index in [9.17, 15) is 18.8 Å². The van der Waals surface area contributed by atoms with Crippen molar-refractivity contribution < 1.29 is 23.5 Å². The van der Waals surface area contributed by atoms with Crippen LogP contribution in [0.15, 0.2) is 36.5 Å². The van der Waals surface area contributed by atoms with E-state index in [1.807, 2.05) is 0 Å². The topological polar surface area (TPSA) is 138 Å². The molecule has 3 heterocycles. The number of fused-ring (bicyclic) bond motifs is 6. The fourth-order valence-corrected chi connectivity index (χ4v) is 5.11. The zero-order valence-corrected chi connectivity index (χ0v) is 21.7. The molecule has 0 saturated heterocycles. The molecule has 4 N–H and O–H groups in total. The second kappa shape index (κ2) is 11.6. The molecule has 39 heavy (non-hydrogen) atoms. The van der Waals surface area contributed by atoms with E-state index >= 15 is 0 Å². The number of H-pyrrole nitrogens is 1. The molecule has 1 atom stereocenters. The SMILES string of the molecule is COC(=O)Nc1ccc2c(c1)NC(=O)CCc1nc(ccc1F)CC(NC(=O)C1CCCCC1)c1nc-2c[nH]1. The van der Waals surface area contributed by atoms with Crippen LogP contribution in [0, 0.1) is 11.7 Å². The highest BCUT2D eigenvalue weighted by atomic mass is 19.1. The fourth-order valence-electron chi connectivity index (χ4n) is 5.11. The van der Waals surface area contributed by atoms with Gasteiger partial charge in [-0.1, -0.05) is 19.3 Å². The van der Waals surface area contributed by atoms with Gasteiger partial charge in [-0.15, -0.1) is 0 Å². The van der Waals surface area contributed by atoms with E-state index in [2.05, 4.69) is 30.7 Å². The summed E-state index contributed by atoms with van der Waals surface area (Å²) >= 11 is 0. The van der Waals surface area contributed by atoms with Crippen molar-refractivity contribution in [3.05, 3.63) is 59.6 Å². The average Bonchev–Trinajstić information content (AvgIpc) is 3.43. The minimum Gasteiger partial charge on any atom is -0.453 e. The highest BCUT2D eigenvalue weighted by Gasteiger charge is 2.27. The number of anilines is 2. The molecule has 4 bridgehead atoms. The Morgan fingerprint density at radius 3 is 2.69 bits per heavy atom. The van der Waals surface area contributed by atoms with Crippen LogP contribution in [0.5, 0.6) is 0 Å². The number of aromatic nitrogens is 3. The van der Waals surface area contributed by atoms with Gasteiger partial charge in [0.15, 0.2) is 0 Å². The van der Waals surface area contributed by atoms with Gasteiger partial charge in [0.25, 0.3) is 0 Å². The Bertz CT molecular complexity index is 1380. The minimum absolute atomic E-state index is 0.00483. The summed E-state index contributed by atoms with van der Waals surface area (Å²) in [7, 11) is 1.26. The molecule has 1 fully saturated rings. The fraction of sp³-hybridized carbons (Fsp3) is 0.393. The van der Waals surface area contributed by atoms with E-state index in [0.29, 0.717) is 40.6 Å². The van der Waals surface area contributed by atoms with E-state index in [0.717, 1.165) is 32.1 Å². The van der Waals surface area contributed by atoms with Crippen molar-refractivity contribution in [2.24, 2.45) is 5.92 Å². The molecule has 1 aliphatic heterocycles. The normalized spacial score (nSPS) is 17.8. The van der Waals surface area contributed by atoms with E-state index in [1.54, 1.807) is 30.5 Å². The van der Waals surface area contributed by atoms with Crippen LogP contribution < -0.4 is 16.0 Å². The van der Waals surface area contributed by atoms with Crippen LogP contribution in [0.2, 0.25) is 0 Å². The Labute approximate surface area is 225 Å². The van der Waals surface area contributed by atoms with Crippen LogP contribution in [-0.4, -0.2) is 40.0 Å². The number of benzene rings is 1. The van der Waals surface area contributed by atoms with Crippen LogP contribution in [0.3, 0.4) is 0 Å². The third-order valence-electron chi connectivity index (χ3n) is 7.20. The second-order valence-corrected chi connectivity index (χ2v) is 9.93. The number of hydrogen-bond donors (Lipinski definition) is 4. The summed E-state index contributed by atoms with van der Waals surface area (Å²) < 4.78 is 19.3. The number of hydrogen-bond acceptors (Lipinski definition) is 6. The van der Waals surface area contributed by atoms with Gasteiger partial charge in [-0.3, -0.25) is 19.9 Å². The summed E-state index contributed by atoms with van der Waals surface area (Å²) in [6, 6.07) is 7.43. The molecule has 204 valence electrons. The van der Waals surface area contributed by atoms with Gasteiger partial charge in [0.2, 0.25) is 11.8 Å².